The van der Waals surface area contributed by atoms with Crippen molar-refractivity contribution in [2.75, 3.05) is 5.32 Å². The number of nitrogens with one attached hydrogen (secondary N) is 1. The second-order valence-corrected chi connectivity index (χ2v) is 5.87. The van der Waals surface area contributed by atoms with E-state index in [0.29, 0.717) is 9.26 Å². The van der Waals surface area contributed by atoms with Crippen molar-refractivity contribution in [1.29, 1.82) is 0 Å². The van der Waals surface area contributed by atoms with Gasteiger partial charge in [-0.3, -0.25) is 4.79 Å². The molecule has 98 valence electrons. The number of nitrogens with two attached hydrogens (primary N) is 1. The molecule has 18 heavy (non-hydrogen) atoms. The van der Waals surface area contributed by atoms with E-state index in [9.17, 15) is 9.18 Å². The van der Waals surface area contributed by atoms with Gasteiger partial charge < -0.3 is 11.1 Å². The number of halogens is 2. The van der Waals surface area contributed by atoms with Crippen LogP contribution in [0.2, 0.25) is 0 Å². The second kappa shape index (κ2) is 6.42. The molecule has 0 aliphatic heterocycles. The Hall–Kier alpha value is -0.760. The molecular weight excluding hydrogens is 366 g/mol. The summed E-state index contributed by atoms with van der Waals surface area (Å²) in [5.41, 5.74) is 6.12. The SMILES string of the molecule is CC(C)C(C(=O)Nc1ccc(F)cc1I)C(N)=S. The lowest BCUT2D eigenvalue weighted by atomic mass is 9.95. The van der Waals surface area contributed by atoms with Gasteiger partial charge in [-0.15, -0.1) is 0 Å². The molecule has 0 radical (unpaired) electrons. The zero-order valence-electron chi connectivity index (χ0n) is 10.0. The maximum absolute atomic E-state index is 12.9. The highest BCUT2D eigenvalue weighted by Crippen LogP contribution is 2.21. The van der Waals surface area contributed by atoms with E-state index in [-0.39, 0.29) is 22.6 Å². The van der Waals surface area contributed by atoms with Crippen molar-refractivity contribution >= 4 is 51.4 Å². The number of benzene rings is 1. The van der Waals surface area contributed by atoms with Crippen LogP contribution < -0.4 is 11.1 Å². The Morgan fingerprint density at radius 2 is 2.11 bits per heavy atom. The quantitative estimate of drug-likeness (QED) is 0.624. The molecule has 1 unspecified atom stereocenters. The average molecular weight is 380 g/mol. The molecule has 0 aliphatic carbocycles. The number of thiocarbonyl (C=S) groups is 1. The zero-order chi connectivity index (χ0) is 13.9. The fourth-order valence-electron chi connectivity index (χ4n) is 1.56. The Morgan fingerprint density at radius 1 is 1.50 bits per heavy atom. The molecule has 0 spiro atoms. The smallest absolute Gasteiger partial charge is 0.234 e. The van der Waals surface area contributed by atoms with Crippen LogP contribution in [0.5, 0.6) is 0 Å². The summed E-state index contributed by atoms with van der Waals surface area (Å²) in [6.07, 6.45) is 0. The number of hydrogen-bond donors (Lipinski definition) is 2. The van der Waals surface area contributed by atoms with Gasteiger partial charge in [-0.2, -0.15) is 0 Å². The third kappa shape index (κ3) is 3.88. The molecule has 1 rings (SSSR count). The predicted molar refractivity (Wildman–Crippen MR) is 82.9 cm³/mol. The van der Waals surface area contributed by atoms with Gasteiger partial charge in [0.2, 0.25) is 5.91 Å². The largest absolute Gasteiger partial charge is 0.393 e. The van der Waals surface area contributed by atoms with E-state index in [1.54, 1.807) is 0 Å². The van der Waals surface area contributed by atoms with E-state index >= 15 is 0 Å². The van der Waals surface area contributed by atoms with Gasteiger partial charge in [-0.25, -0.2) is 4.39 Å². The van der Waals surface area contributed by atoms with Gasteiger partial charge in [-0.05, 0) is 46.7 Å². The Bertz CT molecular complexity index is 479. The highest BCUT2D eigenvalue weighted by molar-refractivity contribution is 14.1. The Morgan fingerprint density at radius 3 is 2.56 bits per heavy atom. The third-order valence-corrected chi connectivity index (χ3v) is 3.59. The highest BCUT2D eigenvalue weighted by atomic mass is 127. The fraction of sp³-hybridized carbons (Fsp3) is 0.333. The van der Waals surface area contributed by atoms with Crippen molar-refractivity contribution in [2.24, 2.45) is 17.6 Å². The molecule has 1 atom stereocenters. The van der Waals surface area contributed by atoms with Crippen LogP contribution in [0.1, 0.15) is 13.8 Å². The minimum absolute atomic E-state index is 0.0145. The first-order valence-corrected chi connectivity index (χ1v) is 6.87. The van der Waals surface area contributed by atoms with E-state index in [2.05, 4.69) is 5.32 Å². The first-order valence-electron chi connectivity index (χ1n) is 5.38. The summed E-state index contributed by atoms with van der Waals surface area (Å²) in [5, 5.41) is 2.72. The first kappa shape index (κ1) is 15.3. The van der Waals surface area contributed by atoms with Crippen LogP contribution in [0.3, 0.4) is 0 Å². The molecule has 0 aliphatic rings. The second-order valence-electron chi connectivity index (χ2n) is 4.24. The van der Waals surface area contributed by atoms with Gasteiger partial charge in [0.15, 0.2) is 0 Å². The molecule has 0 heterocycles. The number of hydrogen-bond acceptors (Lipinski definition) is 2. The van der Waals surface area contributed by atoms with Gasteiger partial charge in [-0.1, -0.05) is 26.1 Å². The summed E-state index contributed by atoms with van der Waals surface area (Å²) in [6.45, 7) is 3.75. The number of carbonyl (C=O) groups excluding carboxylic acids is 1. The summed E-state index contributed by atoms with van der Waals surface area (Å²) in [7, 11) is 0. The van der Waals surface area contributed by atoms with Gasteiger partial charge in [0.05, 0.1) is 16.6 Å². The van der Waals surface area contributed by atoms with Gasteiger partial charge in [0.1, 0.15) is 5.82 Å². The van der Waals surface area contributed by atoms with Crippen molar-refractivity contribution in [2.45, 2.75) is 13.8 Å². The van der Waals surface area contributed by atoms with Crippen LogP contribution in [-0.4, -0.2) is 10.9 Å². The maximum Gasteiger partial charge on any atom is 0.234 e. The molecule has 1 amide bonds. The van der Waals surface area contributed by atoms with E-state index in [4.69, 9.17) is 18.0 Å². The van der Waals surface area contributed by atoms with E-state index in [1.807, 2.05) is 36.4 Å². The number of carbonyl (C=O) groups is 1. The van der Waals surface area contributed by atoms with Crippen LogP contribution in [0, 0.1) is 21.2 Å². The van der Waals surface area contributed by atoms with Crippen LogP contribution in [0.15, 0.2) is 18.2 Å². The van der Waals surface area contributed by atoms with Crippen molar-refractivity contribution < 1.29 is 9.18 Å². The van der Waals surface area contributed by atoms with Gasteiger partial charge in [0, 0.05) is 3.57 Å². The van der Waals surface area contributed by atoms with Crippen molar-refractivity contribution in [3.63, 3.8) is 0 Å². The standard InChI is InChI=1S/C12H14FIN2OS/c1-6(2)10(11(15)18)12(17)16-9-4-3-7(13)5-8(9)14/h3-6,10H,1-2H3,(H2,15,18)(H,16,17). The topological polar surface area (TPSA) is 55.1 Å². The molecule has 0 saturated heterocycles. The number of anilines is 1. The summed E-state index contributed by atoms with van der Waals surface area (Å²) in [4.78, 5) is 12.2. The minimum atomic E-state index is -0.527. The van der Waals surface area contributed by atoms with E-state index < -0.39 is 5.92 Å². The molecule has 0 fully saturated rings. The Balaban J connectivity index is 2.89. The van der Waals surface area contributed by atoms with Crippen LogP contribution in [0.25, 0.3) is 0 Å². The minimum Gasteiger partial charge on any atom is -0.393 e. The molecule has 3 N–H and O–H groups in total. The lowest BCUT2D eigenvalue weighted by Gasteiger charge is -2.19. The third-order valence-electron chi connectivity index (χ3n) is 2.44. The lowest BCUT2D eigenvalue weighted by Crippen LogP contribution is -2.36. The monoisotopic (exact) mass is 380 g/mol. The Kier molecular flexibility index (Phi) is 5.46. The van der Waals surface area contributed by atoms with Crippen molar-refractivity contribution in [1.82, 2.24) is 0 Å². The highest BCUT2D eigenvalue weighted by Gasteiger charge is 2.25. The van der Waals surface area contributed by atoms with E-state index in [0.717, 1.165) is 0 Å². The summed E-state index contributed by atoms with van der Waals surface area (Å²) >= 11 is 6.85. The predicted octanol–water partition coefficient (Wildman–Crippen LogP) is 2.93. The van der Waals surface area contributed by atoms with Crippen LogP contribution >= 0.6 is 34.8 Å². The summed E-state index contributed by atoms with van der Waals surface area (Å²) in [6, 6.07) is 4.16. The first-order chi connectivity index (χ1) is 8.32. The molecule has 1 aromatic rings. The molecular formula is C12H14FIN2OS. The maximum atomic E-state index is 12.9. The number of rotatable bonds is 4. The fourth-order valence-corrected chi connectivity index (χ4v) is 2.55. The van der Waals surface area contributed by atoms with Crippen molar-refractivity contribution in [3.8, 4) is 0 Å². The van der Waals surface area contributed by atoms with Crippen LogP contribution in [0.4, 0.5) is 10.1 Å². The van der Waals surface area contributed by atoms with Gasteiger partial charge in [0.25, 0.3) is 0 Å². The summed E-state index contributed by atoms with van der Waals surface area (Å²) in [5.74, 6) is -1.12. The molecule has 0 aromatic heterocycles. The lowest BCUT2D eigenvalue weighted by molar-refractivity contribution is -0.118. The molecule has 3 nitrogen and oxygen atoms in total. The average Bonchev–Trinajstić information content (AvgIpc) is 2.21. The van der Waals surface area contributed by atoms with E-state index in [1.165, 1.54) is 18.2 Å². The van der Waals surface area contributed by atoms with Gasteiger partial charge >= 0.3 is 0 Å². The molecule has 6 heteroatoms. The zero-order valence-corrected chi connectivity index (χ0v) is 13.0. The van der Waals surface area contributed by atoms with Crippen molar-refractivity contribution in [3.05, 3.63) is 27.6 Å². The Labute approximate surface area is 124 Å². The molecule has 0 bridgehead atoms. The number of amides is 1. The summed E-state index contributed by atoms with van der Waals surface area (Å²) < 4.78 is 13.6. The normalized spacial score (nSPS) is 12.3. The molecule has 0 saturated carbocycles. The molecule has 1 aromatic carbocycles. The van der Waals surface area contributed by atoms with Crippen LogP contribution in [-0.2, 0) is 4.79 Å².